The number of hydrogen-bond donors (Lipinski definition) is 1. The number of thiophene rings is 1. The summed E-state index contributed by atoms with van der Waals surface area (Å²) < 4.78 is 6.57. The van der Waals surface area contributed by atoms with Crippen molar-refractivity contribution in [2.45, 2.75) is 52.7 Å². The van der Waals surface area contributed by atoms with Crippen LogP contribution < -0.4 is 5.32 Å². The lowest BCUT2D eigenvalue weighted by atomic mass is 10.2. The van der Waals surface area contributed by atoms with Gasteiger partial charge in [-0.3, -0.25) is 0 Å². The molecule has 0 saturated heterocycles. The molecule has 1 heterocycles. The fraction of sp³-hybridized carbons (Fsp3) is 0.688. The predicted molar refractivity (Wildman–Crippen MR) is 96.5 cm³/mol. The third-order valence-electron chi connectivity index (χ3n) is 2.99. The third-order valence-corrected chi connectivity index (χ3v) is 4.87. The fourth-order valence-electron chi connectivity index (χ4n) is 1.96. The number of carbonyl (C=O) groups is 1. The molecular formula is C16H27BrN2O2S. The van der Waals surface area contributed by atoms with Crippen molar-refractivity contribution in [2.75, 3.05) is 19.6 Å². The Labute approximate surface area is 146 Å². The van der Waals surface area contributed by atoms with E-state index in [1.165, 1.54) is 4.88 Å². The second kappa shape index (κ2) is 8.89. The first kappa shape index (κ1) is 19.5. The van der Waals surface area contributed by atoms with Crippen LogP contribution in [0.3, 0.4) is 0 Å². The van der Waals surface area contributed by atoms with Crippen molar-refractivity contribution >= 4 is 33.4 Å². The molecule has 22 heavy (non-hydrogen) atoms. The van der Waals surface area contributed by atoms with E-state index in [0.29, 0.717) is 6.54 Å². The van der Waals surface area contributed by atoms with Gasteiger partial charge in [0, 0.05) is 40.4 Å². The zero-order valence-electron chi connectivity index (χ0n) is 14.1. The first-order chi connectivity index (χ1) is 10.2. The van der Waals surface area contributed by atoms with Gasteiger partial charge in [0.25, 0.3) is 0 Å². The lowest BCUT2D eigenvalue weighted by molar-refractivity contribution is 0.0251. The zero-order chi connectivity index (χ0) is 16.8. The summed E-state index contributed by atoms with van der Waals surface area (Å²) in [6, 6.07) is 2.40. The Morgan fingerprint density at radius 3 is 2.64 bits per heavy atom. The summed E-state index contributed by atoms with van der Waals surface area (Å²) in [7, 11) is 0. The molecule has 0 fully saturated rings. The van der Waals surface area contributed by atoms with E-state index in [1.807, 2.05) is 20.8 Å². The first-order valence-corrected chi connectivity index (χ1v) is 9.35. The van der Waals surface area contributed by atoms with Crippen LogP contribution in [0.2, 0.25) is 0 Å². The predicted octanol–water partition coefficient (Wildman–Crippen LogP) is 4.81. The van der Waals surface area contributed by atoms with Crippen LogP contribution in [0.25, 0.3) is 0 Å². The Bertz CT molecular complexity index is 471. The summed E-state index contributed by atoms with van der Waals surface area (Å²) >= 11 is 5.20. The Hall–Kier alpha value is -0.590. The van der Waals surface area contributed by atoms with Gasteiger partial charge in [-0.2, -0.15) is 0 Å². The minimum atomic E-state index is -0.451. The molecule has 0 spiro atoms. The Balaban J connectivity index is 2.45. The van der Waals surface area contributed by atoms with Crippen molar-refractivity contribution in [2.24, 2.45) is 0 Å². The average Bonchev–Trinajstić information content (AvgIpc) is 2.82. The molecule has 1 amide bonds. The summed E-state index contributed by atoms with van der Waals surface area (Å²) in [5.74, 6) is 0. The van der Waals surface area contributed by atoms with Crippen LogP contribution in [0.1, 0.15) is 52.0 Å². The van der Waals surface area contributed by atoms with Gasteiger partial charge >= 0.3 is 6.09 Å². The highest BCUT2D eigenvalue weighted by Crippen LogP contribution is 2.25. The molecule has 0 saturated carbocycles. The number of amides is 1. The molecule has 1 atom stereocenters. The second-order valence-corrected chi connectivity index (χ2v) is 8.17. The molecule has 6 heteroatoms. The number of hydrogen-bond acceptors (Lipinski definition) is 4. The first-order valence-electron chi connectivity index (χ1n) is 7.68. The van der Waals surface area contributed by atoms with Crippen molar-refractivity contribution in [1.82, 2.24) is 10.2 Å². The van der Waals surface area contributed by atoms with Crippen LogP contribution in [-0.2, 0) is 4.74 Å². The molecule has 126 valence electrons. The smallest absolute Gasteiger partial charge is 0.410 e. The molecule has 0 aliphatic carbocycles. The van der Waals surface area contributed by atoms with E-state index in [-0.39, 0.29) is 12.1 Å². The number of carbonyl (C=O) groups excluding carboxylic acids is 1. The van der Waals surface area contributed by atoms with E-state index in [1.54, 1.807) is 16.2 Å². The molecule has 1 N–H and O–H groups in total. The molecule has 0 aliphatic heterocycles. The molecule has 1 unspecified atom stereocenters. The van der Waals surface area contributed by atoms with E-state index in [9.17, 15) is 4.79 Å². The fourth-order valence-corrected chi connectivity index (χ4v) is 3.44. The molecule has 0 radical (unpaired) electrons. The van der Waals surface area contributed by atoms with Crippen LogP contribution in [0.15, 0.2) is 15.9 Å². The molecule has 0 aromatic carbocycles. The topological polar surface area (TPSA) is 41.6 Å². The number of halogens is 1. The minimum Gasteiger partial charge on any atom is -0.444 e. The zero-order valence-corrected chi connectivity index (χ0v) is 16.5. The van der Waals surface area contributed by atoms with Gasteiger partial charge in [-0.15, -0.1) is 11.3 Å². The number of nitrogens with zero attached hydrogens (tertiary/aromatic N) is 1. The van der Waals surface area contributed by atoms with E-state index in [2.05, 4.69) is 46.5 Å². The lowest BCUT2D eigenvalue weighted by Crippen LogP contribution is -2.41. The molecule has 4 nitrogen and oxygen atoms in total. The monoisotopic (exact) mass is 390 g/mol. The maximum absolute atomic E-state index is 12.2. The number of nitrogens with one attached hydrogen (secondary N) is 1. The Morgan fingerprint density at radius 1 is 1.45 bits per heavy atom. The van der Waals surface area contributed by atoms with Gasteiger partial charge < -0.3 is 15.0 Å². The summed E-state index contributed by atoms with van der Waals surface area (Å²) in [4.78, 5) is 15.2. The van der Waals surface area contributed by atoms with Crippen LogP contribution in [0.5, 0.6) is 0 Å². The quantitative estimate of drug-likeness (QED) is 0.725. The Kier molecular flexibility index (Phi) is 7.86. The van der Waals surface area contributed by atoms with Gasteiger partial charge in [0.2, 0.25) is 0 Å². The van der Waals surface area contributed by atoms with E-state index in [0.717, 1.165) is 24.0 Å². The maximum atomic E-state index is 12.2. The van der Waals surface area contributed by atoms with Gasteiger partial charge in [-0.05, 0) is 56.1 Å². The standard InChI is InChI=1S/C16H27BrN2O2S/c1-6-8-19(15(20)21-16(3,4)5)9-7-18-12(2)14-10-13(17)11-22-14/h10-12,18H,6-9H2,1-5H3. The van der Waals surface area contributed by atoms with Crippen molar-refractivity contribution in [1.29, 1.82) is 0 Å². The highest BCUT2D eigenvalue weighted by molar-refractivity contribution is 9.10. The van der Waals surface area contributed by atoms with Crippen LogP contribution in [-0.4, -0.2) is 36.2 Å². The van der Waals surface area contributed by atoms with Crippen LogP contribution in [0, 0.1) is 0 Å². The SMILES string of the molecule is CCCN(CCNC(C)c1cc(Br)cs1)C(=O)OC(C)(C)C. The van der Waals surface area contributed by atoms with Gasteiger partial charge in [0.05, 0.1) is 0 Å². The average molecular weight is 391 g/mol. The van der Waals surface area contributed by atoms with Crippen molar-refractivity contribution in [3.8, 4) is 0 Å². The molecule has 0 aliphatic rings. The number of rotatable bonds is 7. The maximum Gasteiger partial charge on any atom is 0.410 e. The van der Waals surface area contributed by atoms with Crippen molar-refractivity contribution < 1.29 is 9.53 Å². The Morgan fingerprint density at radius 2 is 2.14 bits per heavy atom. The largest absolute Gasteiger partial charge is 0.444 e. The van der Waals surface area contributed by atoms with Crippen molar-refractivity contribution in [3.05, 3.63) is 20.8 Å². The highest BCUT2D eigenvalue weighted by Gasteiger charge is 2.21. The summed E-state index contributed by atoms with van der Waals surface area (Å²) in [5, 5.41) is 5.54. The van der Waals surface area contributed by atoms with E-state index < -0.39 is 5.60 Å². The molecule has 1 aromatic rings. The summed E-state index contributed by atoms with van der Waals surface area (Å²) in [5.41, 5.74) is -0.451. The summed E-state index contributed by atoms with van der Waals surface area (Å²) in [6.45, 7) is 12.0. The van der Waals surface area contributed by atoms with Crippen LogP contribution >= 0.6 is 27.3 Å². The highest BCUT2D eigenvalue weighted by atomic mass is 79.9. The van der Waals surface area contributed by atoms with Gasteiger partial charge in [-0.1, -0.05) is 6.92 Å². The second-order valence-electron chi connectivity index (χ2n) is 6.31. The van der Waals surface area contributed by atoms with Crippen molar-refractivity contribution in [3.63, 3.8) is 0 Å². The van der Waals surface area contributed by atoms with Gasteiger partial charge in [0.1, 0.15) is 5.60 Å². The summed E-state index contributed by atoms with van der Waals surface area (Å²) in [6.07, 6.45) is 0.690. The normalized spacial score (nSPS) is 13.0. The molecular weight excluding hydrogens is 364 g/mol. The minimum absolute atomic E-state index is 0.234. The molecule has 1 aromatic heterocycles. The number of ether oxygens (including phenoxy) is 1. The lowest BCUT2D eigenvalue weighted by Gasteiger charge is -2.27. The third kappa shape index (κ3) is 7.11. The van der Waals surface area contributed by atoms with Gasteiger partial charge in [0.15, 0.2) is 0 Å². The molecule has 1 rings (SSSR count). The molecule has 0 bridgehead atoms. The van der Waals surface area contributed by atoms with E-state index in [4.69, 9.17) is 4.74 Å². The van der Waals surface area contributed by atoms with Gasteiger partial charge in [-0.25, -0.2) is 4.79 Å². The van der Waals surface area contributed by atoms with Crippen LogP contribution in [0.4, 0.5) is 4.79 Å². The van der Waals surface area contributed by atoms with E-state index >= 15 is 0 Å².